The molecule has 0 spiro atoms. The molecule has 2 amide bonds. The maximum Gasteiger partial charge on any atom is 0.356 e. The lowest BCUT2D eigenvalue weighted by Crippen LogP contribution is -2.40. The second-order valence-corrected chi connectivity index (χ2v) is 4.38. The SMILES string of the molecule is CCN(C)CCNC(=O)NCCn1cnc(C(=O)O)c1. The minimum atomic E-state index is -1.06. The van der Waals surface area contributed by atoms with E-state index in [0.29, 0.717) is 19.6 Å². The summed E-state index contributed by atoms with van der Waals surface area (Å²) in [5.41, 5.74) is -0.00273. The number of aromatic carboxylic acids is 1. The molecule has 0 unspecified atom stereocenters. The van der Waals surface area contributed by atoms with Crippen molar-refractivity contribution in [3.8, 4) is 0 Å². The van der Waals surface area contributed by atoms with Crippen molar-refractivity contribution in [1.29, 1.82) is 0 Å². The van der Waals surface area contributed by atoms with E-state index in [0.717, 1.165) is 13.1 Å². The quantitative estimate of drug-likeness (QED) is 0.615. The van der Waals surface area contributed by atoms with Gasteiger partial charge in [-0.15, -0.1) is 0 Å². The summed E-state index contributed by atoms with van der Waals surface area (Å²) < 4.78 is 1.62. The number of carboxylic acid groups (broad SMARTS) is 1. The first-order chi connectivity index (χ1) is 9.52. The van der Waals surface area contributed by atoms with Gasteiger partial charge in [-0.2, -0.15) is 0 Å². The van der Waals surface area contributed by atoms with E-state index in [1.165, 1.54) is 12.5 Å². The van der Waals surface area contributed by atoms with E-state index >= 15 is 0 Å². The van der Waals surface area contributed by atoms with Gasteiger partial charge in [-0.1, -0.05) is 6.92 Å². The predicted molar refractivity (Wildman–Crippen MR) is 73.8 cm³/mol. The molecule has 0 aliphatic carbocycles. The molecule has 3 N–H and O–H groups in total. The monoisotopic (exact) mass is 283 g/mol. The summed E-state index contributed by atoms with van der Waals surface area (Å²) in [6.07, 6.45) is 2.86. The summed E-state index contributed by atoms with van der Waals surface area (Å²) >= 11 is 0. The number of aromatic nitrogens is 2. The van der Waals surface area contributed by atoms with Gasteiger partial charge in [-0.3, -0.25) is 0 Å². The number of nitrogens with zero attached hydrogens (tertiary/aromatic N) is 3. The van der Waals surface area contributed by atoms with Crippen LogP contribution in [0, 0.1) is 0 Å². The van der Waals surface area contributed by atoms with Gasteiger partial charge >= 0.3 is 12.0 Å². The van der Waals surface area contributed by atoms with E-state index in [1.54, 1.807) is 4.57 Å². The normalized spacial score (nSPS) is 10.6. The number of carboxylic acids is 1. The van der Waals surface area contributed by atoms with Crippen molar-refractivity contribution < 1.29 is 14.7 Å². The number of carbonyl (C=O) groups excluding carboxylic acids is 1. The average molecular weight is 283 g/mol. The molecule has 0 atom stereocenters. The van der Waals surface area contributed by atoms with E-state index in [2.05, 4.69) is 27.4 Å². The highest BCUT2D eigenvalue weighted by molar-refractivity contribution is 5.84. The van der Waals surface area contributed by atoms with Gasteiger partial charge in [0.05, 0.1) is 6.33 Å². The Morgan fingerprint density at radius 2 is 2.10 bits per heavy atom. The van der Waals surface area contributed by atoms with Crippen LogP contribution in [0.15, 0.2) is 12.5 Å². The van der Waals surface area contributed by atoms with Crippen LogP contribution in [-0.2, 0) is 6.54 Å². The topological polar surface area (TPSA) is 99.5 Å². The van der Waals surface area contributed by atoms with Crippen molar-refractivity contribution in [3.63, 3.8) is 0 Å². The van der Waals surface area contributed by atoms with Crippen LogP contribution in [0.2, 0.25) is 0 Å². The third kappa shape index (κ3) is 5.70. The van der Waals surface area contributed by atoms with Crippen molar-refractivity contribution in [2.24, 2.45) is 0 Å². The smallest absolute Gasteiger partial charge is 0.356 e. The molecule has 1 aromatic rings. The highest BCUT2D eigenvalue weighted by Crippen LogP contribution is 1.95. The first-order valence-corrected chi connectivity index (χ1v) is 6.48. The highest BCUT2D eigenvalue weighted by atomic mass is 16.4. The standard InChI is InChI=1S/C12H21N5O3/c1-3-16(2)6-4-13-12(20)14-5-7-17-8-10(11(18)19)15-9-17/h8-9H,3-7H2,1-2H3,(H,18,19)(H2,13,14,20). The van der Waals surface area contributed by atoms with Crippen LogP contribution in [-0.4, -0.2) is 64.8 Å². The molecule has 0 aromatic carbocycles. The van der Waals surface area contributed by atoms with Crippen molar-refractivity contribution in [1.82, 2.24) is 25.1 Å². The molecule has 1 aromatic heterocycles. The van der Waals surface area contributed by atoms with Gasteiger partial charge in [0.2, 0.25) is 0 Å². The molecule has 0 radical (unpaired) electrons. The zero-order chi connectivity index (χ0) is 15.0. The third-order valence-corrected chi connectivity index (χ3v) is 2.83. The van der Waals surface area contributed by atoms with E-state index in [4.69, 9.17) is 5.11 Å². The maximum atomic E-state index is 11.5. The summed E-state index contributed by atoms with van der Waals surface area (Å²) in [5, 5.41) is 14.2. The Hall–Kier alpha value is -2.09. The first kappa shape index (κ1) is 16.0. The molecule has 8 heteroatoms. The van der Waals surface area contributed by atoms with Crippen LogP contribution in [0.5, 0.6) is 0 Å². The lowest BCUT2D eigenvalue weighted by molar-refractivity contribution is 0.0691. The van der Waals surface area contributed by atoms with E-state index in [-0.39, 0.29) is 11.7 Å². The fourth-order valence-electron chi connectivity index (χ4n) is 1.47. The molecule has 112 valence electrons. The Labute approximate surface area is 117 Å². The molecule has 0 aliphatic heterocycles. The molecule has 20 heavy (non-hydrogen) atoms. The third-order valence-electron chi connectivity index (χ3n) is 2.83. The van der Waals surface area contributed by atoms with Crippen molar-refractivity contribution in [2.75, 3.05) is 33.2 Å². The molecule has 0 bridgehead atoms. The molecule has 0 fully saturated rings. The Kier molecular flexibility index (Phi) is 6.51. The fourth-order valence-corrected chi connectivity index (χ4v) is 1.47. The Morgan fingerprint density at radius 3 is 2.70 bits per heavy atom. The van der Waals surface area contributed by atoms with Crippen LogP contribution in [0.3, 0.4) is 0 Å². The predicted octanol–water partition coefficient (Wildman–Crippen LogP) is -0.168. The molecule has 8 nitrogen and oxygen atoms in total. The average Bonchev–Trinajstić information content (AvgIpc) is 2.87. The lowest BCUT2D eigenvalue weighted by Gasteiger charge is -2.14. The minimum Gasteiger partial charge on any atom is -0.476 e. The number of likely N-dealkylation sites (N-methyl/N-ethyl adjacent to an activating group) is 1. The van der Waals surface area contributed by atoms with Gasteiger partial charge in [-0.25, -0.2) is 14.6 Å². The van der Waals surface area contributed by atoms with Gasteiger partial charge in [0.1, 0.15) is 0 Å². The Morgan fingerprint density at radius 1 is 1.40 bits per heavy atom. The molecule has 1 rings (SSSR count). The zero-order valence-corrected chi connectivity index (χ0v) is 11.8. The Balaban J connectivity index is 2.16. The number of rotatable bonds is 8. The van der Waals surface area contributed by atoms with Crippen molar-refractivity contribution in [2.45, 2.75) is 13.5 Å². The van der Waals surface area contributed by atoms with Gasteiger partial charge < -0.3 is 25.2 Å². The van der Waals surface area contributed by atoms with Crippen molar-refractivity contribution in [3.05, 3.63) is 18.2 Å². The van der Waals surface area contributed by atoms with E-state index in [9.17, 15) is 9.59 Å². The lowest BCUT2D eigenvalue weighted by atomic mass is 10.5. The summed E-state index contributed by atoms with van der Waals surface area (Å²) in [7, 11) is 1.98. The summed E-state index contributed by atoms with van der Waals surface area (Å²) in [5.74, 6) is -1.06. The number of carbonyl (C=O) groups is 2. The molecule has 0 saturated heterocycles. The van der Waals surface area contributed by atoms with Gasteiger partial charge in [0.15, 0.2) is 5.69 Å². The number of urea groups is 1. The summed E-state index contributed by atoms with van der Waals surface area (Å²) in [6, 6.07) is -0.229. The van der Waals surface area contributed by atoms with Crippen LogP contribution in [0.1, 0.15) is 17.4 Å². The van der Waals surface area contributed by atoms with Crippen LogP contribution >= 0.6 is 0 Å². The van der Waals surface area contributed by atoms with E-state index < -0.39 is 5.97 Å². The number of hydrogen-bond acceptors (Lipinski definition) is 4. The van der Waals surface area contributed by atoms with Gasteiger partial charge in [0, 0.05) is 32.4 Å². The van der Waals surface area contributed by atoms with Crippen molar-refractivity contribution >= 4 is 12.0 Å². The zero-order valence-electron chi connectivity index (χ0n) is 11.8. The van der Waals surface area contributed by atoms with Crippen LogP contribution < -0.4 is 10.6 Å². The molecular weight excluding hydrogens is 262 g/mol. The second kappa shape index (κ2) is 8.16. The highest BCUT2D eigenvalue weighted by Gasteiger charge is 2.06. The van der Waals surface area contributed by atoms with Crippen LogP contribution in [0.4, 0.5) is 4.79 Å². The van der Waals surface area contributed by atoms with Gasteiger partial charge in [0.25, 0.3) is 0 Å². The van der Waals surface area contributed by atoms with Gasteiger partial charge in [-0.05, 0) is 13.6 Å². The fraction of sp³-hybridized carbons (Fsp3) is 0.583. The number of nitrogens with one attached hydrogen (secondary N) is 2. The molecule has 0 aliphatic rings. The number of imidazole rings is 1. The first-order valence-electron chi connectivity index (χ1n) is 6.48. The molecule has 1 heterocycles. The molecular formula is C12H21N5O3. The number of hydrogen-bond donors (Lipinski definition) is 3. The maximum absolute atomic E-state index is 11.5. The second-order valence-electron chi connectivity index (χ2n) is 4.38. The minimum absolute atomic E-state index is 0.00273. The largest absolute Gasteiger partial charge is 0.476 e. The summed E-state index contributed by atoms with van der Waals surface area (Å²) in [4.78, 5) is 27.9. The van der Waals surface area contributed by atoms with Crippen LogP contribution in [0.25, 0.3) is 0 Å². The summed E-state index contributed by atoms with van der Waals surface area (Å²) in [6.45, 7) is 5.26. The Bertz CT molecular complexity index is 446. The molecule has 0 saturated carbocycles. The van der Waals surface area contributed by atoms with E-state index in [1.807, 2.05) is 7.05 Å². The number of amides is 2.